The minimum Gasteiger partial charge on any atom is -0.481 e. The van der Waals surface area contributed by atoms with Crippen molar-refractivity contribution in [2.45, 2.75) is 38.3 Å². The van der Waals surface area contributed by atoms with Gasteiger partial charge in [-0.25, -0.2) is 0 Å². The third-order valence-electron chi connectivity index (χ3n) is 2.02. The van der Waals surface area contributed by atoms with Gasteiger partial charge in [0.15, 0.2) is 0 Å². The lowest BCUT2D eigenvalue weighted by atomic mass is 10.1. The molecule has 4 N–H and O–H groups in total. The fourth-order valence-corrected chi connectivity index (χ4v) is 1.18. The lowest BCUT2D eigenvalue weighted by Gasteiger charge is -2.17. The molecule has 2 unspecified atom stereocenters. The molecule has 0 aliphatic rings. The van der Waals surface area contributed by atoms with Crippen LogP contribution in [0.1, 0.15) is 26.2 Å². The quantitative estimate of drug-likeness (QED) is 0.432. The number of carboxylic acid groups (broad SMARTS) is 1. The average molecular weight is 205 g/mol. The van der Waals surface area contributed by atoms with Crippen molar-refractivity contribution in [1.29, 1.82) is 0 Å². The summed E-state index contributed by atoms with van der Waals surface area (Å²) in [5, 5.41) is 29.3. The van der Waals surface area contributed by atoms with Crippen LogP contribution >= 0.6 is 0 Å². The lowest BCUT2D eigenvalue weighted by Crippen LogP contribution is -2.36. The highest BCUT2D eigenvalue weighted by molar-refractivity contribution is 5.67. The van der Waals surface area contributed by atoms with E-state index in [-0.39, 0.29) is 25.6 Å². The number of aliphatic hydroxyl groups excluding tert-OH is 2. The number of carboxylic acids is 1. The van der Waals surface area contributed by atoms with E-state index in [9.17, 15) is 9.90 Å². The maximum atomic E-state index is 10.2. The monoisotopic (exact) mass is 205 g/mol. The molecule has 2 atom stereocenters. The number of aliphatic carboxylic acids is 1. The number of carbonyl (C=O) groups is 1. The Kier molecular flexibility index (Phi) is 7.37. The highest BCUT2D eigenvalue weighted by Gasteiger charge is 2.11. The van der Waals surface area contributed by atoms with Gasteiger partial charge in [0.1, 0.15) is 0 Å². The molecule has 0 aliphatic carbocycles. The molecule has 0 fully saturated rings. The van der Waals surface area contributed by atoms with Crippen molar-refractivity contribution in [3.05, 3.63) is 0 Å². The SMILES string of the molecule is CCC(CCO)NCC(O)CC(=O)O. The van der Waals surface area contributed by atoms with Gasteiger partial charge in [-0.3, -0.25) is 4.79 Å². The molecule has 0 saturated heterocycles. The number of rotatable bonds is 8. The van der Waals surface area contributed by atoms with Crippen molar-refractivity contribution < 1.29 is 20.1 Å². The fraction of sp³-hybridized carbons (Fsp3) is 0.889. The Balaban J connectivity index is 3.61. The maximum Gasteiger partial charge on any atom is 0.306 e. The van der Waals surface area contributed by atoms with E-state index in [0.717, 1.165) is 6.42 Å². The molecule has 0 aliphatic heterocycles. The van der Waals surface area contributed by atoms with E-state index in [2.05, 4.69) is 5.32 Å². The Hall–Kier alpha value is -0.650. The first-order chi connectivity index (χ1) is 6.60. The molecule has 5 nitrogen and oxygen atoms in total. The van der Waals surface area contributed by atoms with Crippen LogP contribution < -0.4 is 5.32 Å². The lowest BCUT2D eigenvalue weighted by molar-refractivity contribution is -0.139. The predicted molar refractivity (Wildman–Crippen MR) is 52.0 cm³/mol. The van der Waals surface area contributed by atoms with Gasteiger partial charge in [-0.15, -0.1) is 0 Å². The van der Waals surface area contributed by atoms with Crippen molar-refractivity contribution in [3.63, 3.8) is 0 Å². The summed E-state index contributed by atoms with van der Waals surface area (Å²) in [7, 11) is 0. The summed E-state index contributed by atoms with van der Waals surface area (Å²) in [6, 6.07) is 0.142. The van der Waals surface area contributed by atoms with Crippen LogP contribution in [-0.4, -0.2) is 46.6 Å². The summed E-state index contributed by atoms with van der Waals surface area (Å²) in [5.74, 6) is -1.01. The molecular formula is C9H19NO4. The molecule has 0 aromatic carbocycles. The van der Waals surface area contributed by atoms with Gasteiger partial charge >= 0.3 is 5.97 Å². The molecule has 0 heterocycles. The Morgan fingerprint density at radius 3 is 2.57 bits per heavy atom. The van der Waals surface area contributed by atoms with Gasteiger partial charge in [0, 0.05) is 19.2 Å². The van der Waals surface area contributed by atoms with Crippen LogP contribution in [0, 0.1) is 0 Å². The van der Waals surface area contributed by atoms with Crippen molar-refractivity contribution in [3.8, 4) is 0 Å². The Morgan fingerprint density at radius 1 is 1.50 bits per heavy atom. The number of hydrogen-bond donors (Lipinski definition) is 4. The van der Waals surface area contributed by atoms with E-state index >= 15 is 0 Å². The number of aliphatic hydroxyl groups is 2. The molecule has 84 valence electrons. The van der Waals surface area contributed by atoms with Crippen molar-refractivity contribution in [1.82, 2.24) is 5.32 Å². The molecule has 0 saturated carbocycles. The molecule has 0 spiro atoms. The molecule has 0 rings (SSSR count). The smallest absolute Gasteiger partial charge is 0.306 e. The summed E-state index contributed by atoms with van der Waals surface area (Å²) < 4.78 is 0. The van der Waals surface area contributed by atoms with Crippen LogP contribution in [0.3, 0.4) is 0 Å². The van der Waals surface area contributed by atoms with Gasteiger partial charge in [0.2, 0.25) is 0 Å². The highest BCUT2D eigenvalue weighted by atomic mass is 16.4. The molecule has 14 heavy (non-hydrogen) atoms. The van der Waals surface area contributed by atoms with Crippen LogP contribution in [0.2, 0.25) is 0 Å². The topological polar surface area (TPSA) is 89.8 Å². The van der Waals surface area contributed by atoms with Gasteiger partial charge in [-0.2, -0.15) is 0 Å². The van der Waals surface area contributed by atoms with Crippen LogP contribution in [-0.2, 0) is 4.79 Å². The van der Waals surface area contributed by atoms with E-state index in [1.165, 1.54) is 0 Å². The zero-order chi connectivity index (χ0) is 11.0. The number of hydrogen-bond acceptors (Lipinski definition) is 4. The van der Waals surface area contributed by atoms with Gasteiger partial charge in [0.25, 0.3) is 0 Å². The Labute approximate surface area is 83.8 Å². The number of nitrogens with one attached hydrogen (secondary N) is 1. The maximum absolute atomic E-state index is 10.2. The third kappa shape index (κ3) is 6.82. The first-order valence-electron chi connectivity index (χ1n) is 4.84. The fourth-order valence-electron chi connectivity index (χ4n) is 1.18. The first kappa shape index (κ1) is 13.4. The van der Waals surface area contributed by atoms with Crippen molar-refractivity contribution in [2.75, 3.05) is 13.2 Å². The van der Waals surface area contributed by atoms with Gasteiger partial charge < -0.3 is 20.6 Å². The molecule has 0 bridgehead atoms. The highest BCUT2D eigenvalue weighted by Crippen LogP contribution is 1.97. The summed E-state index contributed by atoms with van der Waals surface area (Å²) in [6.07, 6.45) is 0.361. The molecule has 0 amide bonds. The molecular weight excluding hydrogens is 186 g/mol. The Morgan fingerprint density at radius 2 is 2.14 bits per heavy atom. The molecule has 0 radical (unpaired) electrons. The van der Waals surface area contributed by atoms with E-state index in [1.807, 2.05) is 6.92 Å². The van der Waals surface area contributed by atoms with Crippen LogP contribution in [0.4, 0.5) is 0 Å². The Bertz CT molecular complexity index is 163. The largest absolute Gasteiger partial charge is 0.481 e. The van der Waals surface area contributed by atoms with Crippen molar-refractivity contribution >= 4 is 5.97 Å². The zero-order valence-corrected chi connectivity index (χ0v) is 8.44. The summed E-state index contributed by atoms with van der Waals surface area (Å²) in [6.45, 7) is 2.32. The van der Waals surface area contributed by atoms with E-state index < -0.39 is 12.1 Å². The van der Waals surface area contributed by atoms with Crippen LogP contribution in [0.15, 0.2) is 0 Å². The average Bonchev–Trinajstić information content (AvgIpc) is 2.11. The molecule has 5 heteroatoms. The second kappa shape index (κ2) is 7.73. The van der Waals surface area contributed by atoms with E-state index in [0.29, 0.717) is 6.42 Å². The van der Waals surface area contributed by atoms with Crippen molar-refractivity contribution in [2.24, 2.45) is 0 Å². The van der Waals surface area contributed by atoms with Gasteiger partial charge in [0.05, 0.1) is 12.5 Å². The van der Waals surface area contributed by atoms with Gasteiger partial charge in [-0.05, 0) is 12.8 Å². The minimum atomic E-state index is -1.01. The second-order valence-electron chi connectivity index (χ2n) is 3.28. The first-order valence-corrected chi connectivity index (χ1v) is 4.84. The normalized spacial score (nSPS) is 15.1. The summed E-state index contributed by atoms with van der Waals surface area (Å²) in [5.41, 5.74) is 0. The minimum absolute atomic E-state index is 0.0978. The predicted octanol–water partition coefficient (Wildman–Crippen LogP) is -0.427. The summed E-state index contributed by atoms with van der Waals surface area (Å²) in [4.78, 5) is 10.2. The third-order valence-corrected chi connectivity index (χ3v) is 2.02. The van der Waals surface area contributed by atoms with E-state index in [1.54, 1.807) is 0 Å². The van der Waals surface area contributed by atoms with E-state index in [4.69, 9.17) is 10.2 Å². The van der Waals surface area contributed by atoms with Crippen LogP contribution in [0.5, 0.6) is 0 Å². The molecule has 0 aromatic rings. The second-order valence-corrected chi connectivity index (χ2v) is 3.28. The standard InChI is InChI=1S/C9H19NO4/c1-2-7(3-4-11)10-6-8(12)5-9(13)14/h7-8,10-12H,2-6H2,1H3,(H,13,14). The summed E-state index contributed by atoms with van der Waals surface area (Å²) >= 11 is 0. The molecule has 0 aromatic heterocycles. The van der Waals surface area contributed by atoms with Gasteiger partial charge in [-0.1, -0.05) is 6.92 Å². The zero-order valence-electron chi connectivity index (χ0n) is 8.44. The van der Waals surface area contributed by atoms with Crippen LogP contribution in [0.25, 0.3) is 0 Å².